The van der Waals surface area contributed by atoms with E-state index in [4.69, 9.17) is 5.73 Å². The fourth-order valence-electron chi connectivity index (χ4n) is 1.78. The zero-order valence-corrected chi connectivity index (χ0v) is 12.5. The molecule has 0 aliphatic carbocycles. The van der Waals surface area contributed by atoms with Gasteiger partial charge in [-0.3, -0.25) is 0 Å². The van der Waals surface area contributed by atoms with Gasteiger partial charge in [0, 0.05) is 16.2 Å². The van der Waals surface area contributed by atoms with Crippen molar-refractivity contribution in [2.75, 3.05) is 5.73 Å². The highest BCUT2D eigenvalue weighted by Gasteiger charge is 2.20. The number of sulfone groups is 1. The summed E-state index contributed by atoms with van der Waals surface area (Å²) in [5, 5.41) is 0. The van der Waals surface area contributed by atoms with E-state index in [1.807, 2.05) is 0 Å². The second kappa shape index (κ2) is 5.49. The summed E-state index contributed by atoms with van der Waals surface area (Å²) in [5.41, 5.74) is 6.43. The first-order chi connectivity index (χ1) is 9.28. The minimum absolute atomic E-state index is 0.393. The minimum Gasteiger partial charge on any atom is -0.399 e. The van der Waals surface area contributed by atoms with E-state index in [1.54, 1.807) is 12.1 Å². The van der Waals surface area contributed by atoms with E-state index in [0.29, 0.717) is 21.8 Å². The predicted octanol–water partition coefficient (Wildman–Crippen LogP) is 3.28. The Kier molecular flexibility index (Phi) is 4.10. The Morgan fingerprint density at radius 1 is 1.10 bits per heavy atom. The van der Waals surface area contributed by atoms with Crippen LogP contribution in [0.1, 0.15) is 5.56 Å². The maximum Gasteiger partial charge on any atom is 0.185 e. The van der Waals surface area contributed by atoms with Crippen LogP contribution in [0.15, 0.2) is 45.8 Å². The first kappa shape index (κ1) is 14.9. The van der Waals surface area contributed by atoms with Crippen LogP contribution >= 0.6 is 15.9 Å². The SMILES string of the molecule is Nc1cc(Br)cc(CS(=O)(=O)c2ccc(F)cc2F)c1. The fourth-order valence-corrected chi connectivity index (χ4v) is 3.73. The lowest BCUT2D eigenvalue weighted by Crippen LogP contribution is -2.08. The van der Waals surface area contributed by atoms with Crippen LogP contribution < -0.4 is 5.73 Å². The smallest absolute Gasteiger partial charge is 0.185 e. The van der Waals surface area contributed by atoms with E-state index in [1.165, 1.54) is 6.07 Å². The van der Waals surface area contributed by atoms with Crippen molar-refractivity contribution in [2.45, 2.75) is 10.6 Å². The van der Waals surface area contributed by atoms with Gasteiger partial charge in [0.2, 0.25) is 0 Å². The monoisotopic (exact) mass is 361 g/mol. The van der Waals surface area contributed by atoms with Crippen molar-refractivity contribution < 1.29 is 17.2 Å². The lowest BCUT2D eigenvalue weighted by molar-refractivity contribution is 0.549. The third-order valence-electron chi connectivity index (χ3n) is 2.57. The molecule has 20 heavy (non-hydrogen) atoms. The zero-order chi connectivity index (χ0) is 14.9. The normalized spacial score (nSPS) is 11.6. The molecule has 2 aromatic rings. The Hall–Kier alpha value is -1.47. The third-order valence-corrected chi connectivity index (χ3v) is 4.74. The van der Waals surface area contributed by atoms with Crippen molar-refractivity contribution in [3.63, 3.8) is 0 Å². The lowest BCUT2D eigenvalue weighted by Gasteiger charge is -2.07. The second-order valence-corrected chi connectivity index (χ2v) is 7.10. The summed E-state index contributed by atoms with van der Waals surface area (Å²) in [4.78, 5) is -0.530. The highest BCUT2D eigenvalue weighted by atomic mass is 79.9. The molecule has 0 atom stereocenters. The number of hydrogen-bond acceptors (Lipinski definition) is 3. The number of halogens is 3. The molecule has 0 saturated carbocycles. The number of anilines is 1. The number of benzene rings is 2. The molecule has 2 N–H and O–H groups in total. The van der Waals surface area contributed by atoms with Crippen LogP contribution in [-0.2, 0) is 15.6 Å². The number of hydrogen-bond donors (Lipinski definition) is 1. The van der Waals surface area contributed by atoms with Gasteiger partial charge >= 0.3 is 0 Å². The molecule has 0 amide bonds. The van der Waals surface area contributed by atoms with Crippen molar-refractivity contribution in [3.05, 3.63) is 58.1 Å². The van der Waals surface area contributed by atoms with Gasteiger partial charge in [-0.15, -0.1) is 0 Å². The van der Waals surface area contributed by atoms with Gasteiger partial charge < -0.3 is 5.73 Å². The largest absolute Gasteiger partial charge is 0.399 e. The molecule has 0 unspecified atom stereocenters. The van der Waals surface area contributed by atoms with Gasteiger partial charge in [-0.05, 0) is 35.9 Å². The van der Waals surface area contributed by atoms with Crippen molar-refractivity contribution in [1.82, 2.24) is 0 Å². The Morgan fingerprint density at radius 3 is 2.40 bits per heavy atom. The van der Waals surface area contributed by atoms with Crippen molar-refractivity contribution in [1.29, 1.82) is 0 Å². The highest BCUT2D eigenvalue weighted by Crippen LogP contribution is 2.23. The van der Waals surface area contributed by atoms with E-state index in [9.17, 15) is 17.2 Å². The maximum absolute atomic E-state index is 13.6. The third kappa shape index (κ3) is 3.34. The Labute approximate surface area is 123 Å². The highest BCUT2D eigenvalue weighted by molar-refractivity contribution is 9.10. The van der Waals surface area contributed by atoms with Crippen LogP contribution in [0.25, 0.3) is 0 Å². The summed E-state index contributed by atoms with van der Waals surface area (Å²) < 4.78 is 51.3. The predicted molar refractivity (Wildman–Crippen MR) is 75.8 cm³/mol. The lowest BCUT2D eigenvalue weighted by atomic mass is 10.2. The molecule has 0 heterocycles. The molecule has 2 aromatic carbocycles. The summed E-state index contributed by atoms with van der Waals surface area (Å²) >= 11 is 3.20. The van der Waals surface area contributed by atoms with E-state index in [2.05, 4.69) is 15.9 Å². The number of nitrogen functional groups attached to an aromatic ring is 1. The minimum atomic E-state index is -3.91. The van der Waals surface area contributed by atoms with E-state index < -0.39 is 32.1 Å². The summed E-state index contributed by atoms with van der Waals surface area (Å²) in [5.74, 6) is -2.35. The van der Waals surface area contributed by atoms with Crippen LogP contribution in [0, 0.1) is 11.6 Å². The quantitative estimate of drug-likeness (QED) is 0.673. The first-order valence-corrected chi connectivity index (χ1v) is 7.95. The summed E-state index contributed by atoms with van der Waals surface area (Å²) in [7, 11) is -3.91. The molecule has 0 spiro atoms. The summed E-state index contributed by atoms with van der Waals surface area (Å²) in [6.07, 6.45) is 0. The topological polar surface area (TPSA) is 60.2 Å². The van der Waals surface area contributed by atoms with Gasteiger partial charge in [0.05, 0.1) is 5.75 Å². The molecule has 0 aromatic heterocycles. The average molecular weight is 362 g/mol. The van der Waals surface area contributed by atoms with Gasteiger partial charge in [-0.1, -0.05) is 15.9 Å². The van der Waals surface area contributed by atoms with Crippen molar-refractivity contribution in [2.24, 2.45) is 0 Å². The molecule has 7 heteroatoms. The number of rotatable bonds is 3. The Balaban J connectivity index is 2.40. The van der Waals surface area contributed by atoms with Gasteiger partial charge in [-0.2, -0.15) is 0 Å². The van der Waals surface area contributed by atoms with Gasteiger partial charge in [-0.25, -0.2) is 17.2 Å². The Morgan fingerprint density at radius 2 is 1.80 bits per heavy atom. The molecule has 0 saturated heterocycles. The first-order valence-electron chi connectivity index (χ1n) is 5.51. The molecular weight excluding hydrogens is 352 g/mol. The zero-order valence-electron chi connectivity index (χ0n) is 10.1. The second-order valence-electron chi connectivity index (χ2n) is 4.23. The van der Waals surface area contributed by atoms with Crippen LogP contribution in [0.2, 0.25) is 0 Å². The standard InChI is InChI=1S/C13H10BrF2NO2S/c14-9-3-8(4-11(17)5-9)7-20(18,19)13-2-1-10(15)6-12(13)16/h1-6H,7,17H2. The number of nitrogens with two attached hydrogens (primary N) is 1. The molecule has 0 aliphatic rings. The van der Waals surface area contributed by atoms with Crippen LogP contribution in [-0.4, -0.2) is 8.42 Å². The summed E-state index contributed by atoms with van der Waals surface area (Å²) in [6.45, 7) is 0. The molecule has 0 aliphatic heterocycles. The molecular formula is C13H10BrF2NO2S. The van der Waals surface area contributed by atoms with Crippen LogP contribution in [0.3, 0.4) is 0 Å². The van der Waals surface area contributed by atoms with Crippen LogP contribution in [0.4, 0.5) is 14.5 Å². The van der Waals surface area contributed by atoms with Crippen LogP contribution in [0.5, 0.6) is 0 Å². The van der Waals surface area contributed by atoms with Gasteiger partial charge in [0.15, 0.2) is 9.84 Å². The molecule has 2 rings (SSSR count). The molecule has 0 bridgehead atoms. The van der Waals surface area contributed by atoms with Crippen molar-refractivity contribution >= 4 is 31.5 Å². The van der Waals surface area contributed by atoms with Crippen molar-refractivity contribution in [3.8, 4) is 0 Å². The fraction of sp³-hybridized carbons (Fsp3) is 0.0769. The van der Waals surface area contributed by atoms with E-state index in [0.717, 1.165) is 12.1 Å². The van der Waals surface area contributed by atoms with Gasteiger partial charge in [0.25, 0.3) is 0 Å². The molecule has 3 nitrogen and oxygen atoms in total. The Bertz CT molecular complexity index is 743. The summed E-state index contributed by atoms with van der Waals surface area (Å²) in [6, 6.07) is 7.06. The van der Waals surface area contributed by atoms with E-state index in [-0.39, 0.29) is 0 Å². The molecule has 0 fully saturated rings. The van der Waals surface area contributed by atoms with Gasteiger partial charge in [0.1, 0.15) is 16.5 Å². The maximum atomic E-state index is 13.6. The molecule has 106 valence electrons. The average Bonchev–Trinajstić information content (AvgIpc) is 2.25. The molecule has 0 radical (unpaired) electrons. The van der Waals surface area contributed by atoms with E-state index >= 15 is 0 Å².